The van der Waals surface area contributed by atoms with Crippen LogP contribution in [0.5, 0.6) is 0 Å². The highest BCUT2D eigenvalue weighted by Gasteiger charge is 1.93. The molecule has 4 heteroatoms. The van der Waals surface area contributed by atoms with E-state index in [2.05, 4.69) is 46.7 Å². The number of nitrogens with zero attached hydrogens (tertiary/aromatic N) is 3. The summed E-state index contributed by atoms with van der Waals surface area (Å²) in [5, 5.41) is 7.65. The first-order valence-electron chi connectivity index (χ1n) is 7.36. The molecule has 3 aromatic rings. The van der Waals surface area contributed by atoms with E-state index in [1.165, 1.54) is 11.1 Å². The van der Waals surface area contributed by atoms with E-state index in [9.17, 15) is 0 Å². The zero-order valence-corrected chi connectivity index (χ0v) is 13.2. The molecule has 0 spiro atoms. The van der Waals surface area contributed by atoms with E-state index in [1.54, 1.807) is 6.20 Å². The molecule has 0 bridgehead atoms. The summed E-state index contributed by atoms with van der Waals surface area (Å²) in [4.78, 5) is 0. The van der Waals surface area contributed by atoms with Crippen molar-refractivity contribution < 1.29 is 0 Å². The van der Waals surface area contributed by atoms with Crippen molar-refractivity contribution in [1.82, 2.24) is 15.0 Å². The van der Waals surface area contributed by atoms with Gasteiger partial charge in [-0.15, -0.1) is 16.7 Å². The standard InChI is InChI=1S/C10H11N3.C8H9Cl/c1-2-4-10(5-3-1)6-8-13-9-7-11-12-13;9-7-6-8-4-2-1-3-5-8/h1-5,7,9H,6,8H2;1-5H,6-7H2. The zero-order chi connectivity index (χ0) is 15.5. The molecule has 0 atom stereocenters. The molecular formula is C18H20ClN3. The lowest BCUT2D eigenvalue weighted by Gasteiger charge is -1.99. The molecule has 22 heavy (non-hydrogen) atoms. The van der Waals surface area contributed by atoms with Gasteiger partial charge >= 0.3 is 0 Å². The zero-order valence-electron chi connectivity index (χ0n) is 12.5. The van der Waals surface area contributed by atoms with Crippen LogP contribution in [-0.2, 0) is 19.4 Å². The molecule has 0 N–H and O–H groups in total. The number of hydrogen-bond donors (Lipinski definition) is 0. The van der Waals surface area contributed by atoms with Crippen LogP contribution in [0.4, 0.5) is 0 Å². The summed E-state index contributed by atoms with van der Waals surface area (Å²) in [5.41, 5.74) is 2.64. The number of alkyl halides is 1. The number of benzene rings is 2. The van der Waals surface area contributed by atoms with E-state index < -0.39 is 0 Å². The van der Waals surface area contributed by atoms with Crippen molar-refractivity contribution in [3.63, 3.8) is 0 Å². The minimum absolute atomic E-state index is 0.712. The molecule has 0 unspecified atom stereocenters. The first kappa shape index (κ1) is 16.2. The van der Waals surface area contributed by atoms with Gasteiger partial charge in [0.05, 0.1) is 6.20 Å². The van der Waals surface area contributed by atoms with Crippen LogP contribution in [-0.4, -0.2) is 20.9 Å². The molecule has 0 aliphatic carbocycles. The summed E-state index contributed by atoms with van der Waals surface area (Å²) in [5.74, 6) is 0.712. The first-order chi connectivity index (χ1) is 10.9. The molecule has 3 rings (SSSR count). The molecule has 1 aromatic heterocycles. The molecule has 0 radical (unpaired) electrons. The Morgan fingerprint density at radius 2 is 1.41 bits per heavy atom. The maximum Gasteiger partial charge on any atom is 0.0692 e. The number of aromatic nitrogens is 3. The fourth-order valence-electron chi connectivity index (χ4n) is 1.99. The van der Waals surface area contributed by atoms with Crippen molar-refractivity contribution in [2.45, 2.75) is 19.4 Å². The van der Waals surface area contributed by atoms with Gasteiger partial charge in [0.1, 0.15) is 0 Å². The van der Waals surface area contributed by atoms with Crippen molar-refractivity contribution >= 4 is 11.6 Å². The van der Waals surface area contributed by atoms with E-state index in [-0.39, 0.29) is 0 Å². The topological polar surface area (TPSA) is 30.7 Å². The van der Waals surface area contributed by atoms with Crippen LogP contribution in [0.3, 0.4) is 0 Å². The third-order valence-electron chi connectivity index (χ3n) is 3.17. The SMILES string of the molecule is ClCCc1ccccc1.c1ccc(CCn2ccnn2)cc1. The maximum atomic E-state index is 5.54. The van der Waals surface area contributed by atoms with Crippen LogP contribution in [0.1, 0.15) is 11.1 Å². The van der Waals surface area contributed by atoms with Crippen LogP contribution in [0.2, 0.25) is 0 Å². The maximum absolute atomic E-state index is 5.54. The van der Waals surface area contributed by atoms with Gasteiger partial charge in [0, 0.05) is 18.6 Å². The molecule has 0 saturated carbocycles. The average molecular weight is 314 g/mol. The molecule has 0 saturated heterocycles. The van der Waals surface area contributed by atoms with Gasteiger partial charge in [-0.25, -0.2) is 0 Å². The van der Waals surface area contributed by atoms with Crippen molar-refractivity contribution in [1.29, 1.82) is 0 Å². The summed E-state index contributed by atoms with van der Waals surface area (Å²) in [7, 11) is 0. The van der Waals surface area contributed by atoms with E-state index in [1.807, 2.05) is 35.1 Å². The Labute approximate surface area is 136 Å². The normalized spacial score (nSPS) is 9.86. The fraction of sp³-hybridized carbons (Fsp3) is 0.222. The quantitative estimate of drug-likeness (QED) is 0.667. The number of aryl methyl sites for hydroxylation is 3. The summed E-state index contributed by atoms with van der Waals surface area (Å²) >= 11 is 5.54. The Hall–Kier alpha value is -2.13. The molecular weight excluding hydrogens is 294 g/mol. The fourth-order valence-corrected chi connectivity index (χ4v) is 2.21. The van der Waals surface area contributed by atoms with Crippen LogP contribution in [0.15, 0.2) is 73.1 Å². The summed E-state index contributed by atoms with van der Waals surface area (Å²) in [6.07, 6.45) is 5.56. The van der Waals surface area contributed by atoms with Gasteiger partial charge in [0.25, 0.3) is 0 Å². The summed E-state index contributed by atoms with van der Waals surface area (Å²) in [6.45, 7) is 0.893. The highest BCUT2D eigenvalue weighted by atomic mass is 35.5. The molecule has 0 aliphatic rings. The van der Waals surface area contributed by atoms with Crippen LogP contribution in [0.25, 0.3) is 0 Å². The predicted molar refractivity (Wildman–Crippen MR) is 91.0 cm³/mol. The molecule has 2 aromatic carbocycles. The van der Waals surface area contributed by atoms with E-state index in [4.69, 9.17) is 11.6 Å². The molecule has 114 valence electrons. The van der Waals surface area contributed by atoms with Gasteiger partial charge in [-0.05, 0) is 24.0 Å². The van der Waals surface area contributed by atoms with Crippen molar-refractivity contribution in [3.05, 3.63) is 84.2 Å². The Morgan fingerprint density at radius 1 is 0.818 bits per heavy atom. The largest absolute Gasteiger partial charge is 0.252 e. The Balaban J connectivity index is 0.000000172. The Bertz CT molecular complexity index is 609. The number of halogens is 1. The van der Waals surface area contributed by atoms with Crippen molar-refractivity contribution in [2.24, 2.45) is 0 Å². The molecule has 0 fully saturated rings. The van der Waals surface area contributed by atoms with E-state index in [0.717, 1.165) is 19.4 Å². The lowest BCUT2D eigenvalue weighted by molar-refractivity contribution is 0.589. The van der Waals surface area contributed by atoms with Gasteiger partial charge in [0.15, 0.2) is 0 Å². The van der Waals surface area contributed by atoms with Gasteiger partial charge in [-0.2, -0.15) is 0 Å². The lowest BCUT2D eigenvalue weighted by Crippen LogP contribution is -2.01. The molecule has 3 nitrogen and oxygen atoms in total. The minimum Gasteiger partial charge on any atom is -0.252 e. The van der Waals surface area contributed by atoms with Crippen LogP contribution in [0, 0.1) is 0 Å². The van der Waals surface area contributed by atoms with Gasteiger partial charge < -0.3 is 0 Å². The second kappa shape index (κ2) is 9.74. The second-order valence-electron chi connectivity index (χ2n) is 4.83. The summed E-state index contributed by atoms with van der Waals surface area (Å²) in [6, 6.07) is 20.6. The third-order valence-corrected chi connectivity index (χ3v) is 3.36. The molecule has 1 heterocycles. The number of hydrogen-bond acceptors (Lipinski definition) is 2. The third kappa shape index (κ3) is 6.10. The van der Waals surface area contributed by atoms with Gasteiger partial charge in [-0.1, -0.05) is 65.9 Å². The average Bonchev–Trinajstić information content (AvgIpc) is 3.09. The van der Waals surface area contributed by atoms with Crippen molar-refractivity contribution in [3.8, 4) is 0 Å². The smallest absolute Gasteiger partial charge is 0.0692 e. The minimum atomic E-state index is 0.712. The second-order valence-corrected chi connectivity index (χ2v) is 5.20. The monoisotopic (exact) mass is 313 g/mol. The van der Waals surface area contributed by atoms with Crippen molar-refractivity contribution in [2.75, 3.05) is 5.88 Å². The molecule has 0 amide bonds. The first-order valence-corrected chi connectivity index (χ1v) is 7.90. The highest BCUT2D eigenvalue weighted by molar-refractivity contribution is 6.17. The van der Waals surface area contributed by atoms with Gasteiger partial charge in [-0.3, -0.25) is 4.68 Å². The van der Waals surface area contributed by atoms with Crippen LogP contribution >= 0.6 is 11.6 Å². The lowest BCUT2D eigenvalue weighted by atomic mass is 10.2. The van der Waals surface area contributed by atoms with Gasteiger partial charge in [0.2, 0.25) is 0 Å². The Morgan fingerprint density at radius 3 is 1.91 bits per heavy atom. The summed E-state index contributed by atoms with van der Waals surface area (Å²) < 4.78 is 1.84. The number of rotatable bonds is 5. The predicted octanol–water partition coefficient (Wildman–Crippen LogP) is 3.99. The van der Waals surface area contributed by atoms with E-state index >= 15 is 0 Å². The van der Waals surface area contributed by atoms with E-state index in [0.29, 0.717) is 5.88 Å². The highest BCUT2D eigenvalue weighted by Crippen LogP contribution is 2.00. The van der Waals surface area contributed by atoms with Crippen LogP contribution < -0.4 is 0 Å². The molecule has 0 aliphatic heterocycles. The Kier molecular flexibility index (Phi) is 7.19.